The van der Waals surface area contributed by atoms with E-state index in [1.807, 2.05) is 13.8 Å². The van der Waals surface area contributed by atoms with Crippen LogP contribution in [0.5, 0.6) is 0 Å². The Morgan fingerprint density at radius 1 is 1.60 bits per heavy atom. The second-order valence-electron chi connectivity index (χ2n) is 3.40. The third kappa shape index (κ3) is 2.65. The van der Waals surface area contributed by atoms with Gasteiger partial charge in [-0.15, -0.1) is 0 Å². The molecule has 0 spiro atoms. The Hall–Kier alpha value is -1.64. The summed E-state index contributed by atoms with van der Waals surface area (Å²) < 4.78 is 14.8. The average Bonchev–Trinajstić information content (AvgIpc) is 2.48. The molecular formula is C12H15FN2. The summed E-state index contributed by atoms with van der Waals surface area (Å²) in [6.07, 6.45) is 4.92. The number of aryl methyl sites for hydroxylation is 1. The molecule has 0 saturated carbocycles. The highest BCUT2D eigenvalue weighted by Gasteiger charge is 2.06. The highest BCUT2D eigenvalue weighted by Crippen LogP contribution is 2.14. The van der Waals surface area contributed by atoms with Gasteiger partial charge in [0, 0.05) is 11.3 Å². The molecule has 1 rings (SSSR count). The SMILES string of the molecule is C=C/C=C(/Cn1ncc(C)c1C)C(=C)F. The average molecular weight is 206 g/mol. The predicted octanol–water partition coefficient (Wildman–Crippen LogP) is 3.10. The Balaban J connectivity index is 2.93. The van der Waals surface area contributed by atoms with Crippen molar-refractivity contribution < 1.29 is 4.39 Å². The van der Waals surface area contributed by atoms with E-state index in [-0.39, 0.29) is 0 Å². The van der Waals surface area contributed by atoms with Gasteiger partial charge in [-0.1, -0.05) is 25.3 Å². The van der Waals surface area contributed by atoms with Gasteiger partial charge in [-0.3, -0.25) is 4.68 Å². The van der Waals surface area contributed by atoms with Gasteiger partial charge in [0.25, 0.3) is 0 Å². The zero-order valence-electron chi connectivity index (χ0n) is 9.13. The quantitative estimate of drug-likeness (QED) is 0.692. The number of halogens is 1. The lowest BCUT2D eigenvalue weighted by molar-refractivity contribution is 0.596. The number of nitrogens with zero attached hydrogens (tertiary/aromatic N) is 2. The van der Waals surface area contributed by atoms with E-state index in [0.717, 1.165) is 11.3 Å². The molecule has 1 aromatic heterocycles. The topological polar surface area (TPSA) is 17.8 Å². The lowest BCUT2D eigenvalue weighted by Gasteiger charge is -2.06. The van der Waals surface area contributed by atoms with Crippen molar-refractivity contribution >= 4 is 0 Å². The van der Waals surface area contributed by atoms with Crippen molar-refractivity contribution in [2.24, 2.45) is 0 Å². The van der Waals surface area contributed by atoms with E-state index >= 15 is 0 Å². The van der Waals surface area contributed by atoms with E-state index in [2.05, 4.69) is 18.3 Å². The van der Waals surface area contributed by atoms with E-state index in [9.17, 15) is 4.39 Å². The fraction of sp³-hybridized carbons (Fsp3) is 0.250. The summed E-state index contributed by atoms with van der Waals surface area (Å²) in [5, 5.41) is 4.15. The Morgan fingerprint density at radius 2 is 2.27 bits per heavy atom. The van der Waals surface area contributed by atoms with Crippen LogP contribution in [0, 0.1) is 13.8 Å². The summed E-state index contributed by atoms with van der Waals surface area (Å²) in [4.78, 5) is 0. The molecule has 15 heavy (non-hydrogen) atoms. The third-order valence-corrected chi connectivity index (χ3v) is 2.34. The lowest BCUT2D eigenvalue weighted by atomic mass is 10.2. The normalized spacial score (nSPS) is 11.5. The molecule has 0 saturated heterocycles. The number of aromatic nitrogens is 2. The molecule has 0 bridgehead atoms. The summed E-state index contributed by atoms with van der Waals surface area (Å²) in [6, 6.07) is 0. The van der Waals surface area contributed by atoms with Crippen LogP contribution in [0.25, 0.3) is 0 Å². The van der Waals surface area contributed by atoms with Crippen LogP contribution in [-0.4, -0.2) is 9.78 Å². The van der Waals surface area contributed by atoms with E-state index in [4.69, 9.17) is 0 Å². The molecule has 1 aromatic rings. The van der Waals surface area contributed by atoms with Gasteiger partial charge in [0.1, 0.15) is 5.83 Å². The van der Waals surface area contributed by atoms with Crippen molar-refractivity contribution in [3.8, 4) is 0 Å². The molecular weight excluding hydrogens is 191 g/mol. The first-order chi connectivity index (χ1) is 7.06. The zero-order valence-corrected chi connectivity index (χ0v) is 9.13. The number of allylic oxidation sites excluding steroid dienone is 4. The van der Waals surface area contributed by atoms with Gasteiger partial charge >= 0.3 is 0 Å². The first-order valence-corrected chi connectivity index (χ1v) is 4.71. The van der Waals surface area contributed by atoms with Crippen LogP contribution in [0.2, 0.25) is 0 Å². The highest BCUT2D eigenvalue weighted by molar-refractivity contribution is 5.27. The lowest BCUT2D eigenvalue weighted by Crippen LogP contribution is -2.05. The Bertz CT molecular complexity index is 413. The molecule has 80 valence electrons. The maximum Gasteiger partial charge on any atom is 0.121 e. The van der Waals surface area contributed by atoms with Crippen LogP contribution < -0.4 is 0 Å². The van der Waals surface area contributed by atoms with Crippen molar-refractivity contribution in [2.75, 3.05) is 0 Å². The molecule has 0 aliphatic carbocycles. The Morgan fingerprint density at radius 3 is 2.67 bits per heavy atom. The first kappa shape index (κ1) is 11.4. The smallest absolute Gasteiger partial charge is 0.121 e. The van der Waals surface area contributed by atoms with Crippen molar-refractivity contribution in [1.29, 1.82) is 0 Å². The molecule has 0 aliphatic heterocycles. The van der Waals surface area contributed by atoms with Crippen LogP contribution >= 0.6 is 0 Å². The highest BCUT2D eigenvalue weighted by atomic mass is 19.1. The Labute approximate surface area is 89.4 Å². The molecule has 0 amide bonds. The molecule has 0 aliphatic rings. The van der Waals surface area contributed by atoms with Crippen LogP contribution in [0.15, 0.2) is 42.9 Å². The van der Waals surface area contributed by atoms with Gasteiger partial charge in [0.15, 0.2) is 0 Å². The van der Waals surface area contributed by atoms with Crippen molar-refractivity contribution in [1.82, 2.24) is 9.78 Å². The molecule has 0 radical (unpaired) electrons. The standard InChI is InChI=1S/C12H15FN2/c1-5-6-12(10(3)13)8-15-11(4)9(2)7-14-15/h5-7H,1,3,8H2,2,4H3/b12-6-. The van der Waals surface area contributed by atoms with Crippen LogP contribution in [-0.2, 0) is 6.54 Å². The minimum Gasteiger partial charge on any atom is -0.265 e. The maximum absolute atomic E-state index is 13.0. The molecule has 0 fully saturated rings. The van der Waals surface area contributed by atoms with Crippen LogP contribution in [0.4, 0.5) is 4.39 Å². The molecule has 0 atom stereocenters. The molecule has 0 N–H and O–H groups in total. The first-order valence-electron chi connectivity index (χ1n) is 4.71. The van der Waals surface area contributed by atoms with E-state index in [1.54, 1.807) is 23.0 Å². The second kappa shape index (κ2) is 4.73. The summed E-state index contributed by atoms with van der Waals surface area (Å²) >= 11 is 0. The largest absolute Gasteiger partial charge is 0.265 e. The summed E-state index contributed by atoms with van der Waals surface area (Å²) in [5.74, 6) is -0.442. The van der Waals surface area contributed by atoms with Gasteiger partial charge < -0.3 is 0 Å². The minimum atomic E-state index is -0.442. The third-order valence-electron chi connectivity index (χ3n) is 2.34. The summed E-state index contributed by atoms with van der Waals surface area (Å²) in [5.41, 5.74) is 2.62. The van der Waals surface area contributed by atoms with Crippen molar-refractivity contribution in [3.05, 3.63) is 54.2 Å². The van der Waals surface area contributed by atoms with E-state index in [1.165, 1.54) is 0 Å². The summed E-state index contributed by atoms with van der Waals surface area (Å²) in [6.45, 7) is 11.1. The van der Waals surface area contributed by atoms with Crippen LogP contribution in [0.3, 0.4) is 0 Å². The van der Waals surface area contributed by atoms with Crippen molar-refractivity contribution in [3.63, 3.8) is 0 Å². The molecule has 2 nitrogen and oxygen atoms in total. The number of hydrogen-bond acceptors (Lipinski definition) is 1. The summed E-state index contributed by atoms with van der Waals surface area (Å²) in [7, 11) is 0. The fourth-order valence-electron chi connectivity index (χ4n) is 1.23. The fourth-order valence-corrected chi connectivity index (χ4v) is 1.23. The van der Waals surface area contributed by atoms with Crippen LogP contribution in [0.1, 0.15) is 11.3 Å². The monoisotopic (exact) mass is 206 g/mol. The van der Waals surface area contributed by atoms with Gasteiger partial charge in [0.05, 0.1) is 12.7 Å². The van der Waals surface area contributed by atoms with Gasteiger partial charge in [-0.2, -0.15) is 5.10 Å². The second-order valence-corrected chi connectivity index (χ2v) is 3.40. The molecule has 0 aromatic carbocycles. The van der Waals surface area contributed by atoms with Gasteiger partial charge in [-0.05, 0) is 19.4 Å². The predicted molar refractivity (Wildman–Crippen MR) is 60.2 cm³/mol. The van der Waals surface area contributed by atoms with Gasteiger partial charge in [-0.25, -0.2) is 4.39 Å². The van der Waals surface area contributed by atoms with E-state index in [0.29, 0.717) is 12.1 Å². The molecule has 1 heterocycles. The minimum absolute atomic E-state index is 0.390. The van der Waals surface area contributed by atoms with Gasteiger partial charge in [0.2, 0.25) is 0 Å². The van der Waals surface area contributed by atoms with Crippen molar-refractivity contribution in [2.45, 2.75) is 20.4 Å². The number of hydrogen-bond donors (Lipinski definition) is 0. The number of rotatable bonds is 4. The Kier molecular flexibility index (Phi) is 3.61. The zero-order chi connectivity index (χ0) is 11.4. The van der Waals surface area contributed by atoms with E-state index < -0.39 is 5.83 Å². The molecule has 3 heteroatoms. The molecule has 0 unspecified atom stereocenters. The maximum atomic E-state index is 13.0.